The second-order valence-electron chi connectivity index (χ2n) is 4.70. The molecule has 1 aromatic rings. The Kier molecular flexibility index (Phi) is 3.87. The maximum absolute atomic E-state index is 5.63. The highest BCUT2D eigenvalue weighted by Gasteiger charge is 2.31. The van der Waals surface area contributed by atoms with Crippen LogP contribution in [0.2, 0.25) is 0 Å². The van der Waals surface area contributed by atoms with Crippen LogP contribution in [-0.4, -0.2) is 20.3 Å². The summed E-state index contributed by atoms with van der Waals surface area (Å²) >= 11 is 0. The van der Waals surface area contributed by atoms with Gasteiger partial charge in [-0.3, -0.25) is 0 Å². The molecule has 17 heavy (non-hydrogen) atoms. The van der Waals surface area contributed by atoms with Gasteiger partial charge in [-0.1, -0.05) is 19.9 Å². The van der Waals surface area contributed by atoms with Gasteiger partial charge in [0.15, 0.2) is 0 Å². The molecule has 0 radical (unpaired) electrons. The molecular formula is C12H17O4P. The van der Waals surface area contributed by atoms with Crippen molar-refractivity contribution in [3.8, 4) is 11.5 Å². The molecule has 1 aliphatic heterocycles. The number of ether oxygens (including phenoxy) is 1. The van der Waals surface area contributed by atoms with E-state index in [0.717, 1.165) is 5.75 Å². The highest BCUT2D eigenvalue weighted by molar-refractivity contribution is 7.42. The monoisotopic (exact) mass is 256 g/mol. The van der Waals surface area contributed by atoms with Gasteiger partial charge in [0.05, 0.1) is 20.3 Å². The summed E-state index contributed by atoms with van der Waals surface area (Å²) < 4.78 is 21.9. The van der Waals surface area contributed by atoms with Gasteiger partial charge in [0.2, 0.25) is 0 Å². The van der Waals surface area contributed by atoms with Crippen LogP contribution >= 0.6 is 8.60 Å². The summed E-state index contributed by atoms with van der Waals surface area (Å²) in [5.41, 5.74) is 0.0660. The van der Waals surface area contributed by atoms with Gasteiger partial charge in [-0.25, -0.2) is 0 Å². The molecule has 0 unspecified atom stereocenters. The van der Waals surface area contributed by atoms with E-state index in [0.29, 0.717) is 19.0 Å². The SMILES string of the molecule is COc1cccc(OP2OCC(C)(C)CO2)c1. The van der Waals surface area contributed by atoms with Crippen molar-refractivity contribution < 1.29 is 18.3 Å². The highest BCUT2D eigenvalue weighted by atomic mass is 31.2. The van der Waals surface area contributed by atoms with E-state index < -0.39 is 8.60 Å². The number of hydrogen-bond donors (Lipinski definition) is 0. The zero-order valence-corrected chi connectivity index (χ0v) is 11.2. The highest BCUT2D eigenvalue weighted by Crippen LogP contribution is 2.47. The van der Waals surface area contributed by atoms with Crippen molar-refractivity contribution in [2.24, 2.45) is 5.41 Å². The fourth-order valence-corrected chi connectivity index (χ4v) is 2.71. The van der Waals surface area contributed by atoms with Gasteiger partial charge < -0.3 is 18.3 Å². The van der Waals surface area contributed by atoms with Crippen LogP contribution in [-0.2, 0) is 9.05 Å². The number of hydrogen-bond acceptors (Lipinski definition) is 4. The first-order valence-electron chi connectivity index (χ1n) is 5.47. The van der Waals surface area contributed by atoms with E-state index >= 15 is 0 Å². The summed E-state index contributed by atoms with van der Waals surface area (Å²) in [7, 11) is 0.346. The molecule has 94 valence electrons. The molecule has 2 rings (SSSR count). The maximum Gasteiger partial charge on any atom is 0.397 e. The van der Waals surface area contributed by atoms with Crippen molar-refractivity contribution in [3.63, 3.8) is 0 Å². The molecule has 0 aliphatic carbocycles. The summed E-state index contributed by atoms with van der Waals surface area (Å²) in [6.45, 7) is 5.52. The number of benzene rings is 1. The van der Waals surface area contributed by atoms with E-state index in [2.05, 4.69) is 13.8 Å². The molecule has 0 N–H and O–H groups in total. The van der Waals surface area contributed by atoms with Crippen LogP contribution < -0.4 is 9.26 Å². The number of methoxy groups -OCH3 is 1. The van der Waals surface area contributed by atoms with E-state index in [1.165, 1.54) is 0 Å². The standard InChI is InChI=1S/C12H17O4P/c1-12(2)8-14-17(15-9-12)16-11-6-4-5-10(7-11)13-3/h4-7H,8-9H2,1-3H3. The molecule has 1 fully saturated rings. The average molecular weight is 256 g/mol. The van der Waals surface area contributed by atoms with Crippen molar-refractivity contribution in [1.29, 1.82) is 0 Å². The summed E-state index contributed by atoms with van der Waals surface area (Å²) in [6.07, 6.45) is 0. The quantitative estimate of drug-likeness (QED) is 0.777. The minimum Gasteiger partial charge on any atom is -0.497 e. The molecular weight excluding hydrogens is 239 g/mol. The molecule has 1 saturated heterocycles. The fraction of sp³-hybridized carbons (Fsp3) is 0.500. The van der Waals surface area contributed by atoms with Crippen molar-refractivity contribution in [1.82, 2.24) is 0 Å². The van der Waals surface area contributed by atoms with Gasteiger partial charge in [-0.2, -0.15) is 0 Å². The lowest BCUT2D eigenvalue weighted by Gasteiger charge is -2.32. The largest absolute Gasteiger partial charge is 0.497 e. The molecule has 5 heteroatoms. The van der Waals surface area contributed by atoms with Crippen LogP contribution in [0.3, 0.4) is 0 Å². The third kappa shape index (κ3) is 3.56. The Morgan fingerprint density at radius 1 is 1.18 bits per heavy atom. The Bertz CT molecular complexity index is 371. The van der Waals surface area contributed by atoms with E-state index in [1.807, 2.05) is 24.3 Å². The van der Waals surface area contributed by atoms with Gasteiger partial charge in [0.25, 0.3) is 0 Å². The van der Waals surface area contributed by atoms with E-state index in [1.54, 1.807) is 7.11 Å². The Morgan fingerprint density at radius 3 is 2.47 bits per heavy atom. The van der Waals surface area contributed by atoms with Gasteiger partial charge >= 0.3 is 8.60 Å². The topological polar surface area (TPSA) is 36.9 Å². The Balaban J connectivity index is 1.93. The normalized spacial score (nSPS) is 19.9. The zero-order chi connectivity index (χ0) is 12.3. The van der Waals surface area contributed by atoms with Crippen molar-refractivity contribution in [2.75, 3.05) is 20.3 Å². The lowest BCUT2D eigenvalue weighted by Crippen LogP contribution is -2.28. The summed E-state index contributed by atoms with van der Waals surface area (Å²) in [6, 6.07) is 7.41. The summed E-state index contributed by atoms with van der Waals surface area (Å²) in [5, 5.41) is 0. The average Bonchev–Trinajstić information content (AvgIpc) is 2.32. The molecule has 1 aliphatic rings. The van der Waals surface area contributed by atoms with E-state index in [9.17, 15) is 0 Å². The second kappa shape index (κ2) is 5.21. The minimum absolute atomic E-state index is 0.0660. The molecule has 0 aromatic heterocycles. The van der Waals surface area contributed by atoms with Crippen LogP contribution in [0.5, 0.6) is 11.5 Å². The van der Waals surface area contributed by atoms with Crippen molar-refractivity contribution in [3.05, 3.63) is 24.3 Å². The summed E-state index contributed by atoms with van der Waals surface area (Å²) in [5.74, 6) is 1.46. The molecule has 1 heterocycles. The second-order valence-corrected chi connectivity index (χ2v) is 5.85. The lowest BCUT2D eigenvalue weighted by molar-refractivity contribution is 0.0426. The first-order chi connectivity index (χ1) is 8.09. The third-order valence-electron chi connectivity index (χ3n) is 2.34. The predicted octanol–water partition coefficient (Wildman–Crippen LogP) is 3.37. The van der Waals surface area contributed by atoms with Gasteiger partial charge in [0, 0.05) is 11.5 Å². The van der Waals surface area contributed by atoms with Gasteiger partial charge in [-0.05, 0) is 12.1 Å². The van der Waals surface area contributed by atoms with Crippen LogP contribution in [0.15, 0.2) is 24.3 Å². The Labute approximate surface area is 103 Å². The molecule has 0 atom stereocenters. The third-order valence-corrected chi connectivity index (χ3v) is 3.38. The molecule has 1 aromatic carbocycles. The van der Waals surface area contributed by atoms with E-state index in [4.69, 9.17) is 18.3 Å². The predicted molar refractivity (Wildman–Crippen MR) is 66.2 cm³/mol. The molecule has 0 saturated carbocycles. The van der Waals surface area contributed by atoms with E-state index in [-0.39, 0.29) is 5.41 Å². The van der Waals surface area contributed by atoms with Crippen LogP contribution in [0.1, 0.15) is 13.8 Å². The Hall–Kier alpha value is -0.830. The maximum atomic E-state index is 5.63. The lowest BCUT2D eigenvalue weighted by atomic mass is 9.97. The first kappa shape index (κ1) is 12.6. The van der Waals surface area contributed by atoms with Gasteiger partial charge in [-0.15, -0.1) is 0 Å². The molecule has 0 amide bonds. The molecule has 0 spiro atoms. The Morgan fingerprint density at radius 2 is 1.82 bits per heavy atom. The van der Waals surface area contributed by atoms with Crippen LogP contribution in [0.4, 0.5) is 0 Å². The van der Waals surface area contributed by atoms with Crippen molar-refractivity contribution >= 4 is 8.60 Å². The molecule has 4 nitrogen and oxygen atoms in total. The van der Waals surface area contributed by atoms with Crippen molar-refractivity contribution in [2.45, 2.75) is 13.8 Å². The van der Waals surface area contributed by atoms with Crippen LogP contribution in [0, 0.1) is 5.41 Å². The molecule has 0 bridgehead atoms. The first-order valence-corrected chi connectivity index (χ1v) is 6.57. The smallest absolute Gasteiger partial charge is 0.397 e. The minimum atomic E-state index is -1.28. The number of rotatable bonds is 3. The summed E-state index contributed by atoms with van der Waals surface area (Å²) in [4.78, 5) is 0. The van der Waals surface area contributed by atoms with Crippen LogP contribution in [0.25, 0.3) is 0 Å². The zero-order valence-electron chi connectivity index (χ0n) is 10.3. The fourth-order valence-electron chi connectivity index (χ4n) is 1.33. The van der Waals surface area contributed by atoms with Gasteiger partial charge in [0.1, 0.15) is 11.5 Å².